The molecule has 0 aliphatic rings. The van der Waals surface area contributed by atoms with E-state index in [1.54, 1.807) is 43.8 Å². The third-order valence-corrected chi connectivity index (χ3v) is 4.85. The SMILES string of the molecule is COCc1cn[nH]c1-c1ccc(OCc2cccc(S(C)(=O)=O)c2)cn1. The number of aromatic nitrogens is 3. The zero-order valence-corrected chi connectivity index (χ0v) is 15.3. The highest BCUT2D eigenvalue weighted by Gasteiger charge is 2.10. The molecule has 0 amide bonds. The van der Waals surface area contributed by atoms with Gasteiger partial charge in [0.25, 0.3) is 0 Å². The molecule has 2 heterocycles. The van der Waals surface area contributed by atoms with E-state index < -0.39 is 9.84 Å². The second-order valence-electron chi connectivity index (χ2n) is 5.79. The molecule has 0 atom stereocenters. The molecule has 0 aliphatic heterocycles. The zero-order valence-electron chi connectivity index (χ0n) is 14.5. The normalized spacial score (nSPS) is 11.5. The fourth-order valence-corrected chi connectivity index (χ4v) is 3.14. The van der Waals surface area contributed by atoms with E-state index in [4.69, 9.17) is 9.47 Å². The van der Waals surface area contributed by atoms with Gasteiger partial charge in [-0.1, -0.05) is 12.1 Å². The van der Waals surface area contributed by atoms with E-state index in [0.29, 0.717) is 12.4 Å². The minimum absolute atomic E-state index is 0.253. The van der Waals surface area contributed by atoms with Gasteiger partial charge in [0, 0.05) is 18.9 Å². The largest absolute Gasteiger partial charge is 0.487 e. The van der Waals surface area contributed by atoms with Crippen LogP contribution in [0.25, 0.3) is 11.4 Å². The first-order valence-electron chi connectivity index (χ1n) is 7.87. The van der Waals surface area contributed by atoms with Crippen LogP contribution >= 0.6 is 0 Å². The first kappa shape index (κ1) is 18.1. The fraction of sp³-hybridized carbons (Fsp3) is 0.222. The number of nitrogens with zero attached hydrogens (tertiary/aromatic N) is 2. The van der Waals surface area contributed by atoms with Gasteiger partial charge in [0.2, 0.25) is 0 Å². The molecule has 0 saturated heterocycles. The lowest BCUT2D eigenvalue weighted by Gasteiger charge is -2.08. The minimum Gasteiger partial charge on any atom is -0.487 e. The van der Waals surface area contributed by atoms with Crippen molar-refractivity contribution in [3.05, 3.63) is 59.9 Å². The lowest BCUT2D eigenvalue weighted by molar-refractivity contribution is 0.185. The summed E-state index contributed by atoms with van der Waals surface area (Å²) < 4.78 is 34.1. The minimum atomic E-state index is -3.24. The third kappa shape index (κ3) is 4.27. The van der Waals surface area contributed by atoms with E-state index >= 15 is 0 Å². The van der Waals surface area contributed by atoms with Crippen molar-refractivity contribution in [1.82, 2.24) is 15.2 Å². The van der Waals surface area contributed by atoms with Gasteiger partial charge in [-0.25, -0.2) is 8.42 Å². The molecular formula is C18H19N3O4S. The Kier molecular flexibility index (Phi) is 5.34. The zero-order chi connectivity index (χ0) is 18.6. The molecule has 1 N–H and O–H groups in total. The van der Waals surface area contributed by atoms with Gasteiger partial charge in [0.1, 0.15) is 12.4 Å². The van der Waals surface area contributed by atoms with Gasteiger partial charge >= 0.3 is 0 Å². The number of hydrogen-bond acceptors (Lipinski definition) is 6. The van der Waals surface area contributed by atoms with E-state index in [1.807, 2.05) is 12.1 Å². The number of rotatable bonds is 7. The van der Waals surface area contributed by atoms with Crippen molar-refractivity contribution >= 4 is 9.84 Å². The maximum atomic E-state index is 11.6. The molecule has 0 fully saturated rings. The van der Waals surface area contributed by atoms with Crippen LogP contribution < -0.4 is 4.74 Å². The summed E-state index contributed by atoms with van der Waals surface area (Å²) in [4.78, 5) is 4.66. The molecule has 0 bridgehead atoms. The molecule has 8 heteroatoms. The van der Waals surface area contributed by atoms with Crippen LogP contribution in [0.4, 0.5) is 0 Å². The van der Waals surface area contributed by atoms with Crippen molar-refractivity contribution in [3.63, 3.8) is 0 Å². The molecular weight excluding hydrogens is 354 g/mol. The highest BCUT2D eigenvalue weighted by Crippen LogP contribution is 2.22. The lowest BCUT2D eigenvalue weighted by Crippen LogP contribution is -2.01. The maximum absolute atomic E-state index is 11.6. The van der Waals surface area contributed by atoms with Crippen molar-refractivity contribution in [2.45, 2.75) is 18.1 Å². The summed E-state index contributed by atoms with van der Waals surface area (Å²) in [5, 5.41) is 6.93. The summed E-state index contributed by atoms with van der Waals surface area (Å²) in [7, 11) is -1.61. The molecule has 0 unspecified atom stereocenters. The van der Waals surface area contributed by atoms with Crippen LogP contribution in [0, 0.1) is 0 Å². The molecule has 0 aliphatic carbocycles. The van der Waals surface area contributed by atoms with Crippen LogP contribution in [0.2, 0.25) is 0 Å². The fourth-order valence-electron chi connectivity index (χ4n) is 2.44. The maximum Gasteiger partial charge on any atom is 0.175 e. The molecule has 0 saturated carbocycles. The molecule has 0 radical (unpaired) electrons. The van der Waals surface area contributed by atoms with E-state index in [0.717, 1.165) is 22.5 Å². The van der Waals surface area contributed by atoms with Gasteiger partial charge in [0.05, 0.1) is 35.3 Å². The van der Waals surface area contributed by atoms with E-state index in [1.165, 1.54) is 6.26 Å². The predicted molar refractivity (Wildman–Crippen MR) is 96.4 cm³/mol. The number of aromatic amines is 1. The van der Waals surface area contributed by atoms with Crippen molar-refractivity contribution in [2.75, 3.05) is 13.4 Å². The molecule has 7 nitrogen and oxygen atoms in total. The first-order chi connectivity index (χ1) is 12.5. The van der Waals surface area contributed by atoms with Gasteiger partial charge in [-0.3, -0.25) is 10.1 Å². The van der Waals surface area contributed by atoms with Crippen molar-refractivity contribution in [1.29, 1.82) is 0 Å². The summed E-state index contributed by atoms with van der Waals surface area (Å²) >= 11 is 0. The number of benzene rings is 1. The quantitative estimate of drug-likeness (QED) is 0.684. The van der Waals surface area contributed by atoms with Gasteiger partial charge in [-0.15, -0.1) is 0 Å². The molecule has 3 rings (SSSR count). The molecule has 2 aromatic heterocycles. The Bertz CT molecular complexity index is 982. The Hall–Kier alpha value is -2.71. The lowest BCUT2D eigenvalue weighted by atomic mass is 10.2. The average molecular weight is 373 g/mol. The topological polar surface area (TPSA) is 94.2 Å². The first-order valence-corrected chi connectivity index (χ1v) is 9.76. The third-order valence-electron chi connectivity index (χ3n) is 3.74. The number of hydrogen-bond donors (Lipinski definition) is 1. The van der Waals surface area contributed by atoms with Gasteiger partial charge in [0.15, 0.2) is 9.84 Å². The summed E-state index contributed by atoms with van der Waals surface area (Å²) in [6.45, 7) is 0.700. The van der Waals surface area contributed by atoms with Crippen LogP contribution in [0.15, 0.2) is 53.7 Å². The second kappa shape index (κ2) is 7.67. The number of pyridine rings is 1. The summed E-state index contributed by atoms with van der Waals surface area (Å²) in [6, 6.07) is 10.3. The standard InChI is InChI=1S/C18H19N3O4S/c1-24-12-14-9-20-21-18(14)17-7-6-15(10-19-17)25-11-13-4-3-5-16(8-13)26(2,22)23/h3-10H,11-12H2,1-2H3,(H,20,21). The molecule has 3 aromatic rings. The second-order valence-corrected chi connectivity index (χ2v) is 7.81. The summed E-state index contributed by atoms with van der Waals surface area (Å²) in [5.74, 6) is 0.589. The van der Waals surface area contributed by atoms with Crippen LogP contribution in [-0.2, 0) is 27.8 Å². The van der Waals surface area contributed by atoms with E-state index in [2.05, 4.69) is 15.2 Å². The smallest absolute Gasteiger partial charge is 0.175 e. The van der Waals surface area contributed by atoms with Crippen LogP contribution in [-0.4, -0.2) is 37.0 Å². The Morgan fingerprint density at radius 3 is 2.65 bits per heavy atom. The van der Waals surface area contributed by atoms with Crippen LogP contribution in [0.1, 0.15) is 11.1 Å². The van der Waals surface area contributed by atoms with E-state index in [9.17, 15) is 8.42 Å². The predicted octanol–water partition coefficient (Wildman–Crippen LogP) is 2.60. The van der Waals surface area contributed by atoms with Crippen LogP contribution in [0.3, 0.4) is 0 Å². The Labute approximate surface area is 151 Å². The Morgan fingerprint density at radius 1 is 1.12 bits per heavy atom. The number of sulfone groups is 1. The van der Waals surface area contributed by atoms with Gasteiger partial charge in [-0.2, -0.15) is 5.10 Å². The van der Waals surface area contributed by atoms with Crippen molar-refractivity contribution in [2.24, 2.45) is 0 Å². The molecule has 1 aromatic carbocycles. The molecule has 0 spiro atoms. The molecule has 136 valence electrons. The van der Waals surface area contributed by atoms with Crippen molar-refractivity contribution < 1.29 is 17.9 Å². The average Bonchev–Trinajstić information content (AvgIpc) is 3.09. The van der Waals surface area contributed by atoms with Gasteiger partial charge < -0.3 is 9.47 Å². The monoisotopic (exact) mass is 373 g/mol. The van der Waals surface area contributed by atoms with E-state index in [-0.39, 0.29) is 11.5 Å². The van der Waals surface area contributed by atoms with Crippen LogP contribution in [0.5, 0.6) is 5.75 Å². The number of ether oxygens (including phenoxy) is 2. The number of methoxy groups -OCH3 is 1. The Morgan fingerprint density at radius 2 is 1.96 bits per heavy atom. The highest BCUT2D eigenvalue weighted by atomic mass is 32.2. The number of H-pyrrole nitrogens is 1. The summed E-state index contributed by atoms with van der Waals surface area (Å²) in [5.41, 5.74) is 3.24. The molecule has 26 heavy (non-hydrogen) atoms. The van der Waals surface area contributed by atoms with Crippen molar-refractivity contribution in [3.8, 4) is 17.1 Å². The number of nitrogens with one attached hydrogen (secondary N) is 1. The highest BCUT2D eigenvalue weighted by molar-refractivity contribution is 7.90. The Balaban J connectivity index is 1.69. The summed E-state index contributed by atoms with van der Waals surface area (Å²) in [6.07, 6.45) is 4.51. The van der Waals surface area contributed by atoms with Gasteiger partial charge in [-0.05, 0) is 29.8 Å².